The Balaban J connectivity index is 1.63. The number of carbonyl (C=O) groups excluding carboxylic acids is 1. The van der Waals surface area contributed by atoms with Gasteiger partial charge in [0.15, 0.2) is 0 Å². The third kappa shape index (κ3) is 3.71. The molecule has 0 radical (unpaired) electrons. The molecule has 1 aliphatic heterocycles. The highest BCUT2D eigenvalue weighted by Crippen LogP contribution is 2.30. The van der Waals surface area contributed by atoms with Crippen molar-refractivity contribution in [2.24, 2.45) is 0 Å². The zero-order valence-electron chi connectivity index (χ0n) is 13.8. The van der Waals surface area contributed by atoms with Crippen molar-refractivity contribution in [3.8, 4) is 5.75 Å². The molecule has 1 amide bonds. The number of nitro groups is 1. The average molecular weight is 341 g/mol. The van der Waals surface area contributed by atoms with Crippen molar-refractivity contribution in [2.45, 2.75) is 12.5 Å². The molecule has 1 heterocycles. The van der Waals surface area contributed by atoms with Crippen molar-refractivity contribution in [1.82, 2.24) is 5.32 Å². The lowest BCUT2D eigenvalue weighted by Crippen LogP contribution is -2.37. The largest absolute Gasteiger partial charge is 0.495 e. The minimum Gasteiger partial charge on any atom is -0.495 e. The number of anilines is 1. The molecule has 0 aromatic heterocycles. The van der Waals surface area contributed by atoms with E-state index in [1.54, 1.807) is 7.11 Å². The molecule has 7 heteroatoms. The molecule has 1 fully saturated rings. The summed E-state index contributed by atoms with van der Waals surface area (Å²) in [6, 6.07) is 13.4. The molecule has 0 bridgehead atoms. The average Bonchev–Trinajstić information content (AvgIpc) is 3.10. The van der Waals surface area contributed by atoms with Gasteiger partial charge in [-0.25, -0.2) is 0 Å². The number of methoxy groups -OCH3 is 1. The van der Waals surface area contributed by atoms with Crippen LogP contribution in [0.25, 0.3) is 0 Å². The van der Waals surface area contributed by atoms with Crippen molar-refractivity contribution in [2.75, 3.05) is 25.1 Å². The number of carbonyl (C=O) groups is 1. The van der Waals surface area contributed by atoms with Gasteiger partial charge in [0, 0.05) is 36.8 Å². The lowest BCUT2D eigenvalue weighted by atomic mass is 10.1. The number of ether oxygens (including phenoxy) is 1. The van der Waals surface area contributed by atoms with E-state index in [0.717, 1.165) is 24.4 Å². The Morgan fingerprint density at radius 2 is 1.96 bits per heavy atom. The van der Waals surface area contributed by atoms with Gasteiger partial charge >= 0.3 is 0 Å². The standard InChI is InChI=1S/C18H19N3O4/c1-25-17-5-3-2-4-16(17)20-11-10-14(12-20)19-18(22)13-6-8-15(9-7-13)21(23)24/h2-9,14H,10-12H2,1H3,(H,19,22). The second-order valence-corrected chi connectivity index (χ2v) is 5.88. The molecular weight excluding hydrogens is 322 g/mol. The predicted molar refractivity (Wildman–Crippen MR) is 94.2 cm³/mol. The van der Waals surface area contributed by atoms with E-state index >= 15 is 0 Å². The Morgan fingerprint density at radius 1 is 1.24 bits per heavy atom. The molecule has 0 aliphatic carbocycles. The van der Waals surface area contributed by atoms with Crippen molar-refractivity contribution < 1.29 is 14.5 Å². The third-order valence-electron chi connectivity index (χ3n) is 4.29. The van der Waals surface area contributed by atoms with E-state index in [0.29, 0.717) is 12.1 Å². The zero-order valence-corrected chi connectivity index (χ0v) is 13.8. The Hall–Kier alpha value is -3.09. The minimum absolute atomic E-state index is 0.0209. The van der Waals surface area contributed by atoms with Gasteiger partial charge in [0.2, 0.25) is 0 Å². The van der Waals surface area contributed by atoms with Crippen molar-refractivity contribution >= 4 is 17.3 Å². The number of nitrogens with zero attached hydrogens (tertiary/aromatic N) is 2. The highest BCUT2D eigenvalue weighted by molar-refractivity contribution is 5.94. The van der Waals surface area contributed by atoms with Crippen LogP contribution in [-0.2, 0) is 0 Å². The first-order valence-electron chi connectivity index (χ1n) is 8.02. The van der Waals surface area contributed by atoms with Gasteiger partial charge in [-0.2, -0.15) is 0 Å². The number of hydrogen-bond donors (Lipinski definition) is 1. The number of para-hydroxylation sites is 2. The summed E-state index contributed by atoms with van der Waals surface area (Å²) in [5.41, 5.74) is 1.40. The first kappa shape index (κ1) is 16.8. The third-order valence-corrected chi connectivity index (χ3v) is 4.29. The van der Waals surface area contributed by atoms with Crippen LogP contribution in [0.1, 0.15) is 16.8 Å². The minimum atomic E-state index is -0.482. The van der Waals surface area contributed by atoms with Gasteiger partial charge in [0.05, 0.1) is 17.7 Å². The number of hydrogen-bond acceptors (Lipinski definition) is 5. The topological polar surface area (TPSA) is 84.7 Å². The molecule has 1 atom stereocenters. The predicted octanol–water partition coefficient (Wildman–Crippen LogP) is 2.61. The first-order valence-corrected chi connectivity index (χ1v) is 8.02. The van der Waals surface area contributed by atoms with E-state index < -0.39 is 4.92 Å². The van der Waals surface area contributed by atoms with Gasteiger partial charge in [-0.3, -0.25) is 14.9 Å². The highest BCUT2D eigenvalue weighted by atomic mass is 16.6. The molecule has 0 saturated carbocycles. The lowest BCUT2D eigenvalue weighted by Gasteiger charge is -2.21. The quantitative estimate of drug-likeness (QED) is 0.667. The smallest absolute Gasteiger partial charge is 0.269 e. The van der Waals surface area contributed by atoms with Gasteiger partial charge in [-0.1, -0.05) is 12.1 Å². The van der Waals surface area contributed by atoms with Crippen LogP contribution in [0.2, 0.25) is 0 Å². The van der Waals surface area contributed by atoms with E-state index in [4.69, 9.17) is 4.74 Å². The van der Waals surface area contributed by atoms with Crippen molar-refractivity contribution in [1.29, 1.82) is 0 Å². The fourth-order valence-corrected chi connectivity index (χ4v) is 2.99. The second-order valence-electron chi connectivity index (χ2n) is 5.88. The molecule has 7 nitrogen and oxygen atoms in total. The molecule has 2 aromatic carbocycles. The molecule has 0 spiro atoms. The van der Waals surface area contributed by atoms with Crippen LogP contribution < -0.4 is 15.0 Å². The maximum absolute atomic E-state index is 12.3. The number of rotatable bonds is 5. The van der Waals surface area contributed by atoms with Gasteiger partial charge in [0.1, 0.15) is 5.75 Å². The Bertz CT molecular complexity index is 776. The van der Waals surface area contributed by atoms with E-state index in [9.17, 15) is 14.9 Å². The first-order chi connectivity index (χ1) is 12.1. The van der Waals surface area contributed by atoms with Gasteiger partial charge in [0.25, 0.3) is 11.6 Å². The summed E-state index contributed by atoms with van der Waals surface area (Å²) in [6.07, 6.45) is 0.830. The van der Waals surface area contributed by atoms with Crippen LogP contribution in [0.4, 0.5) is 11.4 Å². The fraction of sp³-hybridized carbons (Fsp3) is 0.278. The zero-order chi connectivity index (χ0) is 17.8. The highest BCUT2D eigenvalue weighted by Gasteiger charge is 2.26. The molecule has 25 heavy (non-hydrogen) atoms. The summed E-state index contributed by atoms with van der Waals surface area (Å²) < 4.78 is 5.39. The Morgan fingerprint density at radius 3 is 2.64 bits per heavy atom. The van der Waals surface area contributed by atoms with Crippen LogP contribution >= 0.6 is 0 Å². The van der Waals surface area contributed by atoms with Crippen LogP contribution in [0.5, 0.6) is 5.75 Å². The second kappa shape index (κ2) is 7.21. The Labute approximate surface area is 145 Å². The van der Waals surface area contributed by atoms with Crippen LogP contribution in [-0.4, -0.2) is 37.1 Å². The van der Waals surface area contributed by atoms with E-state index in [1.807, 2.05) is 24.3 Å². The SMILES string of the molecule is COc1ccccc1N1CCC(NC(=O)c2ccc([N+](=O)[O-])cc2)C1. The van der Waals surface area contributed by atoms with E-state index in [1.165, 1.54) is 24.3 Å². The van der Waals surface area contributed by atoms with Crippen LogP contribution in [0.15, 0.2) is 48.5 Å². The van der Waals surface area contributed by atoms with Gasteiger partial charge in [-0.05, 0) is 30.7 Å². The fourth-order valence-electron chi connectivity index (χ4n) is 2.99. The number of nitro benzene ring substituents is 1. The molecule has 1 unspecified atom stereocenters. The van der Waals surface area contributed by atoms with Gasteiger partial charge in [-0.15, -0.1) is 0 Å². The van der Waals surface area contributed by atoms with Crippen molar-refractivity contribution in [3.05, 3.63) is 64.2 Å². The number of benzene rings is 2. The number of amides is 1. The maximum atomic E-state index is 12.3. The molecule has 1 aliphatic rings. The molecule has 130 valence electrons. The molecular formula is C18H19N3O4. The summed E-state index contributed by atoms with van der Waals surface area (Å²) in [7, 11) is 1.64. The molecule has 1 N–H and O–H groups in total. The van der Waals surface area contributed by atoms with Crippen LogP contribution in [0, 0.1) is 10.1 Å². The van der Waals surface area contributed by atoms with Crippen molar-refractivity contribution in [3.63, 3.8) is 0 Å². The number of non-ortho nitro benzene ring substituents is 1. The maximum Gasteiger partial charge on any atom is 0.269 e. The molecule has 3 rings (SSSR count). The summed E-state index contributed by atoms with van der Waals surface area (Å²) in [5, 5.41) is 13.7. The number of nitrogens with one attached hydrogen (secondary N) is 1. The summed E-state index contributed by atoms with van der Waals surface area (Å²) in [5.74, 6) is 0.589. The Kier molecular flexibility index (Phi) is 4.83. The van der Waals surface area contributed by atoms with E-state index in [2.05, 4.69) is 10.2 Å². The van der Waals surface area contributed by atoms with Crippen LogP contribution in [0.3, 0.4) is 0 Å². The summed E-state index contributed by atoms with van der Waals surface area (Å²) >= 11 is 0. The summed E-state index contributed by atoms with van der Waals surface area (Å²) in [6.45, 7) is 1.52. The lowest BCUT2D eigenvalue weighted by molar-refractivity contribution is -0.384. The molecule has 1 saturated heterocycles. The monoisotopic (exact) mass is 341 g/mol. The molecule has 2 aromatic rings. The van der Waals surface area contributed by atoms with Gasteiger partial charge < -0.3 is 15.0 Å². The van der Waals surface area contributed by atoms with E-state index in [-0.39, 0.29) is 17.6 Å². The normalized spacial score (nSPS) is 16.5. The summed E-state index contributed by atoms with van der Waals surface area (Å²) in [4.78, 5) is 24.7.